The number of hydrogen-bond donors (Lipinski definition) is 1. The van der Waals surface area contributed by atoms with Crippen molar-refractivity contribution in [2.45, 2.75) is 12.8 Å². The number of amides is 1. The Kier molecular flexibility index (Phi) is 3.15. The van der Waals surface area contributed by atoms with Crippen LogP contribution in [0.4, 0.5) is 0 Å². The molecule has 0 atom stereocenters. The van der Waals surface area contributed by atoms with Gasteiger partial charge in [0.25, 0.3) is 5.91 Å². The van der Waals surface area contributed by atoms with Gasteiger partial charge >= 0.3 is 0 Å². The van der Waals surface area contributed by atoms with Crippen molar-refractivity contribution in [3.05, 3.63) is 54.4 Å². The van der Waals surface area contributed by atoms with Crippen molar-refractivity contribution in [3.63, 3.8) is 0 Å². The molecule has 1 N–H and O–H groups in total. The number of nitrogens with one attached hydrogen (secondary N) is 1. The van der Waals surface area contributed by atoms with Crippen molar-refractivity contribution in [3.8, 4) is 11.3 Å². The van der Waals surface area contributed by atoms with Gasteiger partial charge in [-0.25, -0.2) is 0 Å². The summed E-state index contributed by atoms with van der Waals surface area (Å²) in [5.41, 5.74) is 3.53. The molecular formula is C18H17N3O. The molecule has 1 saturated heterocycles. The fraction of sp³-hybridized carbons (Fsp3) is 0.222. The molecule has 0 radical (unpaired) electrons. The fourth-order valence-electron chi connectivity index (χ4n) is 3.10. The molecule has 3 aromatic rings. The molecule has 2 aromatic heterocycles. The lowest BCUT2D eigenvalue weighted by Gasteiger charge is -2.17. The van der Waals surface area contributed by atoms with Crippen LogP contribution in [0.5, 0.6) is 0 Å². The minimum atomic E-state index is 0.0924. The minimum Gasteiger partial charge on any atom is -0.361 e. The van der Waals surface area contributed by atoms with Gasteiger partial charge in [0.05, 0.1) is 11.3 Å². The fourth-order valence-corrected chi connectivity index (χ4v) is 3.10. The van der Waals surface area contributed by atoms with Gasteiger partial charge in [-0.2, -0.15) is 0 Å². The third kappa shape index (κ3) is 2.17. The topological polar surface area (TPSA) is 49.0 Å². The molecule has 1 fully saturated rings. The second kappa shape index (κ2) is 5.30. The first-order valence-electron chi connectivity index (χ1n) is 7.65. The summed E-state index contributed by atoms with van der Waals surface area (Å²) in [5, 5.41) is 1.13. The van der Waals surface area contributed by atoms with E-state index in [4.69, 9.17) is 0 Å². The van der Waals surface area contributed by atoms with E-state index in [1.165, 1.54) is 0 Å². The molecule has 3 heterocycles. The number of fused-ring (bicyclic) bond motifs is 1. The first-order valence-corrected chi connectivity index (χ1v) is 7.65. The van der Waals surface area contributed by atoms with Crippen LogP contribution in [0.3, 0.4) is 0 Å². The summed E-state index contributed by atoms with van der Waals surface area (Å²) in [7, 11) is 0. The number of pyridine rings is 1. The lowest BCUT2D eigenvalue weighted by molar-refractivity contribution is 0.0793. The maximum atomic E-state index is 12.7. The van der Waals surface area contributed by atoms with Gasteiger partial charge in [0.15, 0.2) is 0 Å². The molecule has 1 amide bonds. The second-order valence-corrected chi connectivity index (χ2v) is 5.68. The summed E-state index contributed by atoms with van der Waals surface area (Å²) in [4.78, 5) is 22.3. The maximum absolute atomic E-state index is 12.7. The molecule has 4 rings (SSSR count). The van der Waals surface area contributed by atoms with E-state index in [2.05, 4.69) is 16.0 Å². The molecule has 22 heavy (non-hydrogen) atoms. The number of nitrogens with zero attached hydrogens (tertiary/aromatic N) is 2. The van der Waals surface area contributed by atoms with Gasteiger partial charge in [-0.15, -0.1) is 0 Å². The van der Waals surface area contributed by atoms with Gasteiger partial charge in [0, 0.05) is 41.9 Å². The highest BCUT2D eigenvalue weighted by molar-refractivity contribution is 6.00. The van der Waals surface area contributed by atoms with Crippen LogP contribution in [0.15, 0.2) is 48.8 Å². The van der Waals surface area contributed by atoms with Crippen LogP contribution in [0, 0.1) is 0 Å². The smallest absolute Gasteiger partial charge is 0.256 e. The van der Waals surface area contributed by atoms with Gasteiger partial charge in [0.2, 0.25) is 0 Å². The normalized spacial score (nSPS) is 14.6. The van der Waals surface area contributed by atoms with Crippen LogP contribution in [0.2, 0.25) is 0 Å². The quantitative estimate of drug-likeness (QED) is 0.786. The summed E-state index contributed by atoms with van der Waals surface area (Å²) in [6.07, 6.45) is 5.86. The van der Waals surface area contributed by atoms with Crippen LogP contribution in [0.1, 0.15) is 23.2 Å². The van der Waals surface area contributed by atoms with Crippen LogP contribution >= 0.6 is 0 Å². The van der Waals surface area contributed by atoms with Crippen LogP contribution in [0.25, 0.3) is 22.2 Å². The zero-order chi connectivity index (χ0) is 14.9. The Hall–Kier alpha value is -2.62. The Morgan fingerprint density at radius 2 is 2.00 bits per heavy atom. The third-order valence-electron chi connectivity index (χ3n) is 4.26. The molecule has 110 valence electrons. The number of H-pyrrole nitrogens is 1. The minimum absolute atomic E-state index is 0.0924. The Morgan fingerprint density at radius 3 is 2.86 bits per heavy atom. The highest BCUT2D eigenvalue weighted by atomic mass is 16.2. The predicted molar refractivity (Wildman–Crippen MR) is 86.7 cm³/mol. The first kappa shape index (κ1) is 13.1. The van der Waals surface area contributed by atoms with Gasteiger partial charge in [0.1, 0.15) is 0 Å². The number of rotatable bonds is 2. The van der Waals surface area contributed by atoms with Crippen molar-refractivity contribution in [1.29, 1.82) is 0 Å². The van der Waals surface area contributed by atoms with E-state index in [9.17, 15) is 4.79 Å². The molecule has 0 bridgehead atoms. The average molecular weight is 291 g/mol. The molecule has 4 heteroatoms. The average Bonchev–Trinajstić information content (AvgIpc) is 3.24. The number of carbonyl (C=O) groups excluding carboxylic acids is 1. The SMILES string of the molecule is O=C(c1cccnc1-c1ccc2[nH]ccc2c1)N1CCCC1. The zero-order valence-corrected chi connectivity index (χ0v) is 12.2. The van der Waals surface area contributed by atoms with E-state index in [0.29, 0.717) is 5.56 Å². The van der Waals surface area contributed by atoms with E-state index in [1.54, 1.807) is 6.20 Å². The lowest BCUT2D eigenvalue weighted by Crippen LogP contribution is -2.28. The molecule has 0 unspecified atom stereocenters. The molecule has 1 aliphatic heterocycles. The maximum Gasteiger partial charge on any atom is 0.256 e. The number of carbonyl (C=O) groups is 1. The number of aromatic nitrogens is 2. The van der Waals surface area contributed by atoms with Crippen LogP contribution in [-0.4, -0.2) is 33.9 Å². The molecule has 1 aliphatic rings. The van der Waals surface area contributed by atoms with Gasteiger partial charge in [-0.1, -0.05) is 6.07 Å². The van der Waals surface area contributed by atoms with Gasteiger partial charge in [-0.3, -0.25) is 9.78 Å². The van der Waals surface area contributed by atoms with Gasteiger partial charge < -0.3 is 9.88 Å². The summed E-state index contributed by atoms with van der Waals surface area (Å²) in [6.45, 7) is 1.70. The van der Waals surface area contributed by atoms with E-state index < -0.39 is 0 Å². The zero-order valence-electron chi connectivity index (χ0n) is 12.2. The predicted octanol–water partition coefficient (Wildman–Crippen LogP) is 3.47. The van der Waals surface area contributed by atoms with Crippen molar-refractivity contribution in [2.24, 2.45) is 0 Å². The Bertz CT molecular complexity index is 831. The molecule has 0 saturated carbocycles. The number of likely N-dealkylation sites (tertiary alicyclic amines) is 1. The Morgan fingerprint density at radius 1 is 1.14 bits per heavy atom. The van der Waals surface area contributed by atoms with Gasteiger partial charge in [-0.05, 0) is 43.2 Å². The summed E-state index contributed by atoms with van der Waals surface area (Å²) in [5.74, 6) is 0.0924. The number of benzene rings is 1. The largest absolute Gasteiger partial charge is 0.361 e. The Balaban J connectivity index is 1.79. The monoisotopic (exact) mass is 291 g/mol. The van der Waals surface area contributed by atoms with E-state index in [1.807, 2.05) is 41.4 Å². The van der Waals surface area contributed by atoms with Crippen LogP contribution in [-0.2, 0) is 0 Å². The molecular weight excluding hydrogens is 274 g/mol. The number of aromatic amines is 1. The lowest BCUT2D eigenvalue weighted by atomic mass is 10.0. The molecule has 1 aromatic carbocycles. The Labute approximate surface area is 128 Å². The van der Waals surface area contributed by atoms with E-state index in [0.717, 1.165) is 48.1 Å². The highest BCUT2D eigenvalue weighted by Gasteiger charge is 2.22. The highest BCUT2D eigenvalue weighted by Crippen LogP contribution is 2.26. The molecule has 0 aliphatic carbocycles. The first-order chi connectivity index (χ1) is 10.8. The van der Waals surface area contributed by atoms with Crippen molar-refractivity contribution in [2.75, 3.05) is 13.1 Å². The van der Waals surface area contributed by atoms with Crippen molar-refractivity contribution < 1.29 is 4.79 Å². The van der Waals surface area contributed by atoms with Crippen molar-refractivity contribution >= 4 is 16.8 Å². The van der Waals surface area contributed by atoms with Crippen LogP contribution < -0.4 is 0 Å². The summed E-state index contributed by atoms with van der Waals surface area (Å²) in [6, 6.07) is 11.9. The molecule has 0 spiro atoms. The third-order valence-corrected chi connectivity index (χ3v) is 4.26. The van der Waals surface area contributed by atoms with E-state index in [-0.39, 0.29) is 5.91 Å². The molecule has 4 nitrogen and oxygen atoms in total. The standard InChI is InChI=1S/C18H17N3O/c22-18(21-10-1-2-11-21)15-4-3-8-20-17(15)14-5-6-16-13(12-14)7-9-19-16/h3-9,12,19H,1-2,10-11H2. The second-order valence-electron chi connectivity index (χ2n) is 5.68. The summed E-state index contributed by atoms with van der Waals surface area (Å²) < 4.78 is 0. The van der Waals surface area contributed by atoms with E-state index >= 15 is 0 Å². The number of hydrogen-bond acceptors (Lipinski definition) is 2. The summed E-state index contributed by atoms with van der Waals surface area (Å²) >= 11 is 0. The van der Waals surface area contributed by atoms with Crippen molar-refractivity contribution in [1.82, 2.24) is 14.9 Å².